The third-order valence-corrected chi connectivity index (χ3v) is 4.17. The van der Waals surface area contributed by atoms with Crippen LogP contribution in [0.1, 0.15) is 17.5 Å². The molecule has 0 aliphatic carbocycles. The van der Waals surface area contributed by atoms with E-state index in [9.17, 15) is 23.1 Å². The molecule has 0 saturated carbocycles. The van der Waals surface area contributed by atoms with E-state index in [2.05, 4.69) is 5.10 Å². The number of amides is 1. The van der Waals surface area contributed by atoms with E-state index in [1.165, 1.54) is 12.1 Å². The summed E-state index contributed by atoms with van der Waals surface area (Å²) in [5, 5.41) is 14.8. The number of aliphatic hydroxyl groups is 1. The summed E-state index contributed by atoms with van der Waals surface area (Å²) in [5.41, 5.74) is -2.44. The molecule has 1 atom stereocenters. The van der Waals surface area contributed by atoms with E-state index in [1.807, 2.05) is 0 Å². The average molecular weight is 378 g/mol. The standard InChI is InChI=1S/C19H17F3N2O3/c1-13-7-9-14(10-8-13)18(26)11-16(19(20,21)22)23-24(18)17(25)12-27-15-5-3-2-4-6-15/h2-10,26H,11-12H2,1H3/t18-/m0/s1. The highest BCUT2D eigenvalue weighted by Crippen LogP contribution is 2.39. The number of alkyl halides is 3. The zero-order valence-corrected chi connectivity index (χ0v) is 14.4. The number of hydrogen-bond donors (Lipinski definition) is 1. The number of para-hydroxylation sites is 1. The van der Waals surface area contributed by atoms with Crippen LogP contribution in [0.25, 0.3) is 0 Å². The summed E-state index contributed by atoms with van der Waals surface area (Å²) < 4.78 is 44.8. The summed E-state index contributed by atoms with van der Waals surface area (Å²) >= 11 is 0. The molecular formula is C19H17F3N2O3. The highest BCUT2D eigenvalue weighted by molar-refractivity contribution is 5.94. The lowest BCUT2D eigenvalue weighted by Crippen LogP contribution is -2.45. The Morgan fingerprint density at radius 3 is 2.41 bits per heavy atom. The second kappa shape index (κ2) is 7.03. The maximum Gasteiger partial charge on any atom is 0.431 e. The van der Waals surface area contributed by atoms with Crippen molar-refractivity contribution in [3.8, 4) is 5.75 Å². The number of benzene rings is 2. The lowest BCUT2D eigenvalue weighted by molar-refractivity contribution is -0.160. The largest absolute Gasteiger partial charge is 0.484 e. The number of ether oxygens (including phenoxy) is 1. The number of carbonyl (C=O) groups excluding carboxylic acids is 1. The van der Waals surface area contributed by atoms with Gasteiger partial charge in [-0.25, -0.2) is 0 Å². The van der Waals surface area contributed by atoms with Crippen molar-refractivity contribution in [3.63, 3.8) is 0 Å². The minimum absolute atomic E-state index is 0.143. The maximum atomic E-state index is 13.2. The van der Waals surface area contributed by atoms with E-state index in [-0.39, 0.29) is 5.56 Å². The molecule has 0 spiro atoms. The third kappa shape index (κ3) is 3.95. The summed E-state index contributed by atoms with van der Waals surface area (Å²) in [6.45, 7) is 1.24. The van der Waals surface area contributed by atoms with Crippen molar-refractivity contribution in [2.24, 2.45) is 5.10 Å². The van der Waals surface area contributed by atoms with Gasteiger partial charge in [0.25, 0.3) is 5.91 Å². The van der Waals surface area contributed by atoms with E-state index in [0.717, 1.165) is 5.56 Å². The van der Waals surface area contributed by atoms with E-state index < -0.39 is 36.5 Å². The zero-order valence-electron chi connectivity index (χ0n) is 14.4. The van der Waals surface area contributed by atoms with Crippen LogP contribution in [0.3, 0.4) is 0 Å². The Labute approximate surface area is 153 Å². The minimum atomic E-state index is -4.76. The monoisotopic (exact) mass is 378 g/mol. The van der Waals surface area contributed by atoms with Crippen LogP contribution in [-0.2, 0) is 10.5 Å². The van der Waals surface area contributed by atoms with Gasteiger partial charge >= 0.3 is 6.18 Å². The van der Waals surface area contributed by atoms with Gasteiger partial charge < -0.3 is 9.84 Å². The van der Waals surface area contributed by atoms with Crippen molar-refractivity contribution in [1.82, 2.24) is 5.01 Å². The first-order valence-corrected chi connectivity index (χ1v) is 8.15. The van der Waals surface area contributed by atoms with Gasteiger partial charge in [-0.3, -0.25) is 4.79 Å². The molecule has 27 heavy (non-hydrogen) atoms. The highest BCUT2D eigenvalue weighted by atomic mass is 19.4. The van der Waals surface area contributed by atoms with E-state index in [0.29, 0.717) is 10.8 Å². The summed E-state index contributed by atoms with van der Waals surface area (Å²) in [4.78, 5) is 12.5. The van der Waals surface area contributed by atoms with Gasteiger partial charge in [-0.05, 0) is 19.1 Å². The zero-order chi connectivity index (χ0) is 19.7. The molecule has 0 fully saturated rings. The molecule has 8 heteroatoms. The lowest BCUT2D eigenvalue weighted by atomic mass is 9.96. The van der Waals surface area contributed by atoms with Gasteiger partial charge in [0.15, 0.2) is 12.3 Å². The van der Waals surface area contributed by atoms with Gasteiger partial charge in [0.05, 0.1) is 6.42 Å². The molecule has 1 aliphatic heterocycles. The molecule has 0 saturated heterocycles. The molecular weight excluding hydrogens is 361 g/mol. The van der Waals surface area contributed by atoms with Crippen molar-refractivity contribution >= 4 is 11.6 Å². The van der Waals surface area contributed by atoms with Crippen molar-refractivity contribution in [3.05, 3.63) is 65.7 Å². The van der Waals surface area contributed by atoms with E-state index >= 15 is 0 Å². The van der Waals surface area contributed by atoms with Gasteiger partial charge in [-0.15, -0.1) is 0 Å². The molecule has 0 unspecified atom stereocenters. The second-order valence-corrected chi connectivity index (χ2v) is 6.21. The molecule has 2 aromatic rings. The normalized spacial score (nSPS) is 19.7. The Kier molecular flexibility index (Phi) is 4.93. The first-order chi connectivity index (χ1) is 12.7. The minimum Gasteiger partial charge on any atom is -0.484 e. The number of hydrogen-bond acceptors (Lipinski definition) is 4. The van der Waals surface area contributed by atoms with Crippen LogP contribution in [0.2, 0.25) is 0 Å². The molecule has 1 N–H and O–H groups in total. The van der Waals surface area contributed by atoms with Gasteiger partial charge in [-0.1, -0.05) is 48.0 Å². The van der Waals surface area contributed by atoms with Crippen LogP contribution < -0.4 is 4.74 Å². The second-order valence-electron chi connectivity index (χ2n) is 6.21. The predicted molar refractivity (Wildman–Crippen MR) is 92.0 cm³/mol. The van der Waals surface area contributed by atoms with Crippen LogP contribution >= 0.6 is 0 Å². The molecule has 1 aliphatic rings. The number of carbonyl (C=O) groups is 1. The number of aryl methyl sites for hydroxylation is 1. The van der Waals surface area contributed by atoms with E-state index in [4.69, 9.17) is 4.74 Å². The molecule has 3 rings (SSSR count). The Hall–Kier alpha value is -2.87. The fourth-order valence-electron chi connectivity index (χ4n) is 2.73. The smallest absolute Gasteiger partial charge is 0.431 e. The Morgan fingerprint density at radius 2 is 1.81 bits per heavy atom. The molecule has 0 radical (unpaired) electrons. The summed E-state index contributed by atoms with van der Waals surface area (Å²) in [5.74, 6) is -0.509. The van der Waals surface area contributed by atoms with Gasteiger partial charge in [0, 0.05) is 5.56 Å². The lowest BCUT2D eigenvalue weighted by Gasteiger charge is -2.31. The summed E-state index contributed by atoms with van der Waals surface area (Å²) in [7, 11) is 0. The van der Waals surface area contributed by atoms with Crippen LogP contribution in [0, 0.1) is 6.92 Å². The summed E-state index contributed by atoms with van der Waals surface area (Å²) in [6.07, 6.45) is -5.61. The molecule has 0 aromatic heterocycles. The van der Waals surface area contributed by atoms with Crippen molar-refractivity contribution in [1.29, 1.82) is 0 Å². The average Bonchev–Trinajstić information content (AvgIpc) is 3.00. The van der Waals surface area contributed by atoms with Crippen molar-refractivity contribution in [2.75, 3.05) is 6.61 Å². The number of halogens is 3. The topological polar surface area (TPSA) is 62.1 Å². The first kappa shape index (κ1) is 18.9. The molecule has 2 aromatic carbocycles. The number of nitrogens with zero attached hydrogens (tertiary/aromatic N) is 2. The van der Waals surface area contributed by atoms with Crippen LogP contribution in [0.5, 0.6) is 5.75 Å². The maximum absolute atomic E-state index is 13.2. The van der Waals surface area contributed by atoms with Crippen LogP contribution in [-0.4, -0.2) is 34.5 Å². The van der Waals surface area contributed by atoms with Crippen molar-refractivity contribution in [2.45, 2.75) is 25.2 Å². The molecule has 5 nitrogen and oxygen atoms in total. The Morgan fingerprint density at radius 1 is 1.19 bits per heavy atom. The van der Waals surface area contributed by atoms with Crippen molar-refractivity contribution < 1.29 is 27.8 Å². The quantitative estimate of drug-likeness (QED) is 0.887. The van der Waals surface area contributed by atoms with Gasteiger partial charge in [-0.2, -0.15) is 23.3 Å². The Bertz CT molecular complexity index is 851. The number of rotatable bonds is 4. The summed E-state index contributed by atoms with van der Waals surface area (Å²) in [6, 6.07) is 14.6. The fourth-order valence-corrected chi connectivity index (χ4v) is 2.73. The van der Waals surface area contributed by atoms with Gasteiger partial charge in [0.2, 0.25) is 0 Å². The van der Waals surface area contributed by atoms with E-state index in [1.54, 1.807) is 49.4 Å². The third-order valence-electron chi connectivity index (χ3n) is 4.17. The Balaban J connectivity index is 1.88. The SMILES string of the molecule is Cc1ccc([C@@]2(O)CC(C(F)(F)F)=NN2C(=O)COc2ccccc2)cc1. The molecule has 142 valence electrons. The molecule has 1 heterocycles. The highest BCUT2D eigenvalue weighted by Gasteiger charge is 2.53. The fraction of sp³-hybridized carbons (Fsp3) is 0.263. The molecule has 1 amide bonds. The first-order valence-electron chi connectivity index (χ1n) is 8.15. The van der Waals surface area contributed by atoms with Gasteiger partial charge in [0.1, 0.15) is 11.5 Å². The molecule has 0 bridgehead atoms. The van der Waals surface area contributed by atoms with Crippen LogP contribution in [0.4, 0.5) is 13.2 Å². The van der Waals surface area contributed by atoms with Crippen LogP contribution in [0.15, 0.2) is 59.7 Å². The number of hydrazone groups is 1. The predicted octanol–water partition coefficient (Wildman–Crippen LogP) is 3.37.